The lowest BCUT2D eigenvalue weighted by Gasteiger charge is -2.14. The van der Waals surface area contributed by atoms with Gasteiger partial charge >= 0.3 is 0 Å². The highest BCUT2D eigenvalue weighted by Crippen LogP contribution is 2.48. The third kappa shape index (κ3) is 3.62. The van der Waals surface area contributed by atoms with Crippen molar-refractivity contribution in [2.24, 2.45) is 5.41 Å². The lowest BCUT2D eigenvalue weighted by molar-refractivity contribution is 0.0944. The third-order valence-electron chi connectivity index (χ3n) is 3.33. The highest BCUT2D eigenvalue weighted by molar-refractivity contribution is 9.09. The molecule has 5 heteroatoms. The number of amides is 1. The van der Waals surface area contributed by atoms with E-state index >= 15 is 0 Å². The zero-order valence-electron chi connectivity index (χ0n) is 9.81. The average Bonchev–Trinajstić information content (AvgIpc) is 3.06. The quantitative estimate of drug-likeness (QED) is 0.788. The Morgan fingerprint density at radius 3 is 2.39 bits per heavy atom. The van der Waals surface area contributed by atoms with E-state index in [4.69, 9.17) is 23.2 Å². The van der Waals surface area contributed by atoms with Crippen LogP contribution in [0, 0.1) is 5.41 Å². The Hall–Kier alpha value is -0.250. The smallest absolute Gasteiger partial charge is 0.251 e. The average molecular weight is 351 g/mol. The second kappa shape index (κ2) is 5.81. The Morgan fingerprint density at radius 2 is 1.89 bits per heavy atom. The fourth-order valence-electron chi connectivity index (χ4n) is 1.95. The molecule has 0 radical (unpaired) electrons. The van der Waals surface area contributed by atoms with Crippen LogP contribution in [0.25, 0.3) is 0 Å². The van der Waals surface area contributed by atoms with Gasteiger partial charge in [-0.05, 0) is 42.9 Å². The van der Waals surface area contributed by atoms with Crippen LogP contribution in [0.3, 0.4) is 0 Å². The first-order valence-corrected chi connectivity index (χ1v) is 7.73. The molecule has 1 aromatic rings. The molecule has 1 amide bonds. The highest BCUT2D eigenvalue weighted by atomic mass is 79.9. The summed E-state index contributed by atoms with van der Waals surface area (Å²) in [5.41, 5.74) is 0.823. The van der Waals surface area contributed by atoms with Crippen LogP contribution >= 0.6 is 39.1 Å². The summed E-state index contributed by atoms with van der Waals surface area (Å²) in [6, 6.07) is 4.88. The zero-order valence-corrected chi connectivity index (χ0v) is 12.9. The van der Waals surface area contributed by atoms with Crippen LogP contribution in [0.5, 0.6) is 0 Å². The van der Waals surface area contributed by atoms with E-state index in [0.29, 0.717) is 21.0 Å². The van der Waals surface area contributed by atoms with Gasteiger partial charge in [-0.15, -0.1) is 0 Å². The Labute approximate surface area is 125 Å². The first-order valence-electron chi connectivity index (χ1n) is 5.85. The Morgan fingerprint density at radius 1 is 1.28 bits per heavy atom. The number of hydrogen-bond donors (Lipinski definition) is 1. The van der Waals surface area contributed by atoms with Crippen LogP contribution in [0.4, 0.5) is 0 Å². The van der Waals surface area contributed by atoms with Gasteiger partial charge in [0.25, 0.3) is 5.91 Å². The molecule has 1 saturated carbocycles. The number of carbonyl (C=O) groups is 1. The molecule has 0 heterocycles. The summed E-state index contributed by atoms with van der Waals surface area (Å²) < 4.78 is 0. The number of nitrogens with one attached hydrogen (secondary N) is 1. The molecule has 1 aromatic carbocycles. The van der Waals surface area contributed by atoms with Crippen LogP contribution in [0.1, 0.15) is 29.6 Å². The standard InChI is InChI=1S/C13H14BrCl2NO/c14-4-3-13(1-2-13)8-17-12(18)9-5-10(15)7-11(16)6-9/h5-7H,1-4,8H2,(H,17,18). The topological polar surface area (TPSA) is 29.1 Å². The molecule has 1 aliphatic rings. The molecule has 0 aliphatic heterocycles. The number of hydrogen-bond acceptors (Lipinski definition) is 1. The molecular formula is C13H14BrCl2NO. The molecule has 1 fully saturated rings. The summed E-state index contributed by atoms with van der Waals surface area (Å²) in [5, 5.41) is 4.90. The van der Waals surface area contributed by atoms with Crippen molar-refractivity contribution >= 4 is 45.0 Å². The lowest BCUT2D eigenvalue weighted by Crippen LogP contribution is -2.30. The molecule has 0 aromatic heterocycles. The monoisotopic (exact) mass is 349 g/mol. The van der Waals surface area contributed by atoms with Crippen molar-refractivity contribution < 1.29 is 4.79 Å². The summed E-state index contributed by atoms with van der Waals surface area (Å²) in [6.45, 7) is 0.724. The van der Waals surface area contributed by atoms with E-state index in [2.05, 4.69) is 21.2 Å². The highest BCUT2D eigenvalue weighted by Gasteiger charge is 2.41. The summed E-state index contributed by atoms with van der Waals surface area (Å²) in [7, 11) is 0. The summed E-state index contributed by atoms with van der Waals surface area (Å²) in [6.07, 6.45) is 3.48. The molecule has 1 N–H and O–H groups in total. The summed E-state index contributed by atoms with van der Waals surface area (Å²) in [5.74, 6) is -0.111. The minimum atomic E-state index is -0.111. The van der Waals surface area contributed by atoms with Gasteiger partial charge in [0.2, 0.25) is 0 Å². The zero-order chi connectivity index (χ0) is 13.2. The van der Waals surface area contributed by atoms with Gasteiger partial charge in [-0.1, -0.05) is 39.1 Å². The van der Waals surface area contributed by atoms with Crippen molar-refractivity contribution in [3.05, 3.63) is 33.8 Å². The van der Waals surface area contributed by atoms with Gasteiger partial charge in [0.15, 0.2) is 0 Å². The fourth-order valence-corrected chi connectivity index (χ4v) is 3.31. The van der Waals surface area contributed by atoms with Crippen LogP contribution < -0.4 is 5.32 Å². The Kier molecular flexibility index (Phi) is 4.57. The maximum absolute atomic E-state index is 12.0. The minimum Gasteiger partial charge on any atom is -0.351 e. The molecule has 0 bridgehead atoms. The second-order valence-corrected chi connectivity index (χ2v) is 6.45. The number of alkyl halides is 1. The summed E-state index contributed by atoms with van der Waals surface area (Å²) >= 11 is 15.2. The molecule has 1 aliphatic carbocycles. The Bertz CT molecular complexity index is 440. The molecule has 18 heavy (non-hydrogen) atoms. The van der Waals surface area contributed by atoms with Crippen LogP contribution in [-0.4, -0.2) is 17.8 Å². The third-order valence-corrected chi connectivity index (χ3v) is 4.16. The van der Waals surface area contributed by atoms with E-state index in [-0.39, 0.29) is 5.91 Å². The van der Waals surface area contributed by atoms with Gasteiger partial charge in [-0.2, -0.15) is 0 Å². The van der Waals surface area contributed by atoms with Crippen molar-refractivity contribution in [2.45, 2.75) is 19.3 Å². The number of halogens is 3. The maximum Gasteiger partial charge on any atom is 0.251 e. The van der Waals surface area contributed by atoms with Gasteiger partial charge < -0.3 is 5.32 Å². The van der Waals surface area contributed by atoms with E-state index < -0.39 is 0 Å². The first-order chi connectivity index (χ1) is 8.54. The largest absolute Gasteiger partial charge is 0.351 e. The molecule has 0 spiro atoms. The minimum absolute atomic E-state index is 0.111. The molecular weight excluding hydrogens is 337 g/mol. The lowest BCUT2D eigenvalue weighted by atomic mass is 10.0. The van der Waals surface area contributed by atoms with E-state index in [1.54, 1.807) is 18.2 Å². The SMILES string of the molecule is O=C(NCC1(CCBr)CC1)c1cc(Cl)cc(Cl)c1. The van der Waals surface area contributed by atoms with E-state index in [1.165, 1.54) is 12.8 Å². The van der Waals surface area contributed by atoms with Crippen LogP contribution in [0.15, 0.2) is 18.2 Å². The molecule has 2 nitrogen and oxygen atoms in total. The molecule has 2 rings (SSSR count). The number of rotatable bonds is 5. The molecule has 0 atom stereocenters. The van der Waals surface area contributed by atoms with Crippen molar-refractivity contribution in [1.82, 2.24) is 5.32 Å². The van der Waals surface area contributed by atoms with Gasteiger partial charge in [-0.3, -0.25) is 4.79 Å². The van der Waals surface area contributed by atoms with Crippen LogP contribution in [0.2, 0.25) is 10.0 Å². The number of carbonyl (C=O) groups excluding carboxylic acids is 1. The number of benzene rings is 1. The van der Waals surface area contributed by atoms with Crippen LogP contribution in [-0.2, 0) is 0 Å². The van der Waals surface area contributed by atoms with E-state index in [9.17, 15) is 4.79 Å². The van der Waals surface area contributed by atoms with Gasteiger partial charge in [0.05, 0.1) is 0 Å². The van der Waals surface area contributed by atoms with E-state index in [0.717, 1.165) is 18.3 Å². The molecule has 0 saturated heterocycles. The molecule has 98 valence electrons. The Balaban J connectivity index is 1.95. The van der Waals surface area contributed by atoms with Gasteiger partial charge in [0.1, 0.15) is 0 Å². The van der Waals surface area contributed by atoms with Gasteiger partial charge in [0, 0.05) is 27.5 Å². The van der Waals surface area contributed by atoms with Crippen molar-refractivity contribution in [2.75, 3.05) is 11.9 Å². The predicted molar refractivity (Wildman–Crippen MR) is 78.9 cm³/mol. The van der Waals surface area contributed by atoms with Crippen molar-refractivity contribution in [1.29, 1.82) is 0 Å². The van der Waals surface area contributed by atoms with Crippen molar-refractivity contribution in [3.8, 4) is 0 Å². The summed E-state index contributed by atoms with van der Waals surface area (Å²) in [4.78, 5) is 12.0. The first kappa shape index (κ1) is 14.2. The maximum atomic E-state index is 12.0. The second-order valence-electron chi connectivity index (χ2n) is 4.78. The van der Waals surface area contributed by atoms with E-state index in [1.807, 2.05) is 0 Å². The van der Waals surface area contributed by atoms with Gasteiger partial charge in [-0.25, -0.2) is 0 Å². The van der Waals surface area contributed by atoms with Crippen molar-refractivity contribution in [3.63, 3.8) is 0 Å². The normalized spacial score (nSPS) is 16.4. The predicted octanol–water partition coefficient (Wildman–Crippen LogP) is 4.29. The fraction of sp³-hybridized carbons (Fsp3) is 0.462. The molecule has 0 unspecified atom stereocenters.